The molecule has 0 N–H and O–H groups in total. The lowest BCUT2D eigenvalue weighted by Gasteiger charge is -2.09. The van der Waals surface area contributed by atoms with E-state index in [0.29, 0.717) is 23.2 Å². The van der Waals surface area contributed by atoms with Crippen LogP contribution in [0.1, 0.15) is 23.7 Å². The Morgan fingerprint density at radius 2 is 1.96 bits per heavy atom. The van der Waals surface area contributed by atoms with E-state index < -0.39 is 16.2 Å². The van der Waals surface area contributed by atoms with Gasteiger partial charge in [-0.15, -0.1) is 23.4 Å². The molecule has 0 aliphatic carbocycles. The molecule has 3 rings (SSSR count). The maximum Gasteiger partial charge on any atom is 0.573 e. The molecule has 1 aromatic heterocycles. The minimum absolute atomic E-state index is 0.0876. The standard InChI is InChI=1S/C15H16F3N3O3S2/c1-21-13(11-6-7-26(22,23)9-11)19-20-14(21)25-8-10-2-4-12(5-3-10)24-15(16,17)18/h2-5,11H,6-9H2,1H3. The van der Waals surface area contributed by atoms with Crippen LogP contribution in [0, 0.1) is 0 Å². The molecule has 6 nitrogen and oxygen atoms in total. The lowest BCUT2D eigenvalue weighted by atomic mass is 10.1. The number of alkyl halides is 3. The summed E-state index contributed by atoms with van der Waals surface area (Å²) in [6.07, 6.45) is -4.17. The first kappa shape index (κ1) is 19.0. The highest BCUT2D eigenvalue weighted by Crippen LogP contribution is 2.30. The van der Waals surface area contributed by atoms with Gasteiger partial charge in [-0.05, 0) is 24.1 Å². The molecule has 0 saturated carbocycles. The average molecular weight is 407 g/mol. The lowest BCUT2D eigenvalue weighted by molar-refractivity contribution is -0.274. The summed E-state index contributed by atoms with van der Waals surface area (Å²) in [6.45, 7) is 0. The summed E-state index contributed by atoms with van der Waals surface area (Å²) in [5.41, 5.74) is 0.803. The molecule has 0 bridgehead atoms. The second-order valence-corrected chi connectivity index (χ2v) is 9.15. The molecule has 142 valence electrons. The van der Waals surface area contributed by atoms with Gasteiger partial charge in [0.1, 0.15) is 11.6 Å². The fourth-order valence-corrected chi connectivity index (χ4v) is 5.35. The third kappa shape index (κ3) is 4.70. The van der Waals surface area contributed by atoms with Gasteiger partial charge in [-0.25, -0.2) is 8.42 Å². The van der Waals surface area contributed by atoms with Crippen molar-refractivity contribution in [2.45, 2.75) is 29.6 Å². The van der Waals surface area contributed by atoms with Gasteiger partial charge in [0, 0.05) is 18.7 Å². The molecule has 1 aromatic carbocycles. The molecule has 11 heteroatoms. The van der Waals surface area contributed by atoms with Gasteiger partial charge in [0.15, 0.2) is 15.0 Å². The van der Waals surface area contributed by atoms with Gasteiger partial charge in [-0.1, -0.05) is 23.9 Å². The van der Waals surface area contributed by atoms with E-state index >= 15 is 0 Å². The van der Waals surface area contributed by atoms with E-state index in [4.69, 9.17) is 0 Å². The summed E-state index contributed by atoms with van der Waals surface area (Å²) in [4.78, 5) is 0. The monoisotopic (exact) mass is 407 g/mol. The number of thioether (sulfide) groups is 1. The number of ether oxygens (including phenoxy) is 1. The first-order valence-corrected chi connectivity index (χ1v) is 10.5. The Hall–Kier alpha value is -1.75. The normalized spacial score (nSPS) is 19.6. The van der Waals surface area contributed by atoms with E-state index in [1.165, 1.54) is 23.9 Å². The highest BCUT2D eigenvalue weighted by molar-refractivity contribution is 7.98. The summed E-state index contributed by atoms with van der Waals surface area (Å²) in [5.74, 6) is 0.966. The maximum absolute atomic E-state index is 12.2. The van der Waals surface area contributed by atoms with Crippen LogP contribution in [0.2, 0.25) is 0 Å². The quantitative estimate of drug-likeness (QED) is 0.710. The second-order valence-electron chi connectivity index (χ2n) is 5.98. The predicted molar refractivity (Wildman–Crippen MR) is 89.7 cm³/mol. The molecule has 2 aromatic rings. The Morgan fingerprint density at radius 3 is 2.54 bits per heavy atom. The number of benzene rings is 1. The SMILES string of the molecule is Cn1c(SCc2ccc(OC(F)(F)F)cc2)nnc1C1CCS(=O)(=O)C1. The van der Waals surface area contributed by atoms with Crippen LogP contribution in [-0.2, 0) is 22.6 Å². The molecule has 0 spiro atoms. The molecule has 26 heavy (non-hydrogen) atoms. The molecule has 1 aliphatic rings. The Labute approximate surface area is 152 Å². The molecule has 1 atom stereocenters. The van der Waals surface area contributed by atoms with E-state index in [2.05, 4.69) is 14.9 Å². The smallest absolute Gasteiger partial charge is 0.406 e. The van der Waals surface area contributed by atoms with Crippen molar-refractivity contribution in [3.63, 3.8) is 0 Å². The van der Waals surface area contributed by atoms with Gasteiger partial charge in [0.25, 0.3) is 0 Å². The van der Waals surface area contributed by atoms with Crippen LogP contribution >= 0.6 is 11.8 Å². The summed E-state index contributed by atoms with van der Waals surface area (Å²) < 4.78 is 65.3. The van der Waals surface area contributed by atoms with Crippen molar-refractivity contribution in [2.75, 3.05) is 11.5 Å². The first-order chi connectivity index (χ1) is 12.1. The second kappa shape index (κ2) is 7.10. The van der Waals surface area contributed by atoms with E-state index in [-0.39, 0.29) is 23.2 Å². The third-order valence-corrected chi connectivity index (χ3v) is 6.85. The largest absolute Gasteiger partial charge is 0.573 e. The topological polar surface area (TPSA) is 74.1 Å². The zero-order chi connectivity index (χ0) is 18.9. The fourth-order valence-electron chi connectivity index (χ4n) is 2.74. The van der Waals surface area contributed by atoms with Gasteiger partial charge < -0.3 is 9.30 Å². The van der Waals surface area contributed by atoms with Gasteiger partial charge >= 0.3 is 6.36 Å². The van der Waals surface area contributed by atoms with Crippen LogP contribution in [0.3, 0.4) is 0 Å². The van der Waals surface area contributed by atoms with Crippen LogP contribution < -0.4 is 4.74 Å². The third-order valence-electron chi connectivity index (χ3n) is 3.99. The summed E-state index contributed by atoms with van der Waals surface area (Å²) in [5, 5.41) is 8.83. The van der Waals surface area contributed by atoms with Gasteiger partial charge in [0.05, 0.1) is 11.5 Å². The van der Waals surface area contributed by atoms with Gasteiger partial charge in [-0.2, -0.15) is 0 Å². The van der Waals surface area contributed by atoms with Gasteiger partial charge in [-0.3, -0.25) is 0 Å². The van der Waals surface area contributed by atoms with Gasteiger partial charge in [0.2, 0.25) is 0 Å². The number of sulfone groups is 1. The van der Waals surface area contributed by atoms with Crippen molar-refractivity contribution in [1.29, 1.82) is 0 Å². The molecule has 2 heterocycles. The van der Waals surface area contributed by atoms with Crippen molar-refractivity contribution in [1.82, 2.24) is 14.8 Å². The van der Waals surface area contributed by atoms with Crippen LogP contribution in [-0.4, -0.2) is 41.1 Å². The summed E-state index contributed by atoms with van der Waals surface area (Å²) in [6, 6.07) is 5.62. The Kier molecular flexibility index (Phi) is 5.20. The maximum atomic E-state index is 12.2. The van der Waals surface area contributed by atoms with Crippen molar-refractivity contribution in [3.8, 4) is 5.75 Å². The minimum Gasteiger partial charge on any atom is -0.406 e. The lowest BCUT2D eigenvalue weighted by Crippen LogP contribution is -2.16. The first-order valence-electron chi connectivity index (χ1n) is 7.70. The molecular formula is C15H16F3N3O3S2. The van der Waals surface area contributed by atoms with Crippen molar-refractivity contribution < 1.29 is 26.3 Å². The number of rotatable bonds is 5. The Bertz CT molecular complexity index is 880. The summed E-state index contributed by atoms with van der Waals surface area (Å²) in [7, 11) is -1.22. The molecule has 0 radical (unpaired) electrons. The number of hydrogen-bond acceptors (Lipinski definition) is 6. The number of hydrogen-bond donors (Lipinski definition) is 0. The van der Waals surface area contributed by atoms with E-state index in [0.717, 1.165) is 5.56 Å². The van der Waals surface area contributed by atoms with Crippen LogP contribution in [0.25, 0.3) is 0 Å². The zero-order valence-electron chi connectivity index (χ0n) is 13.7. The van der Waals surface area contributed by atoms with Crippen LogP contribution in [0.5, 0.6) is 5.75 Å². The highest BCUT2D eigenvalue weighted by Gasteiger charge is 2.33. The van der Waals surface area contributed by atoms with Crippen molar-refractivity contribution in [3.05, 3.63) is 35.7 Å². The van der Waals surface area contributed by atoms with E-state index in [1.807, 2.05) is 0 Å². The fraction of sp³-hybridized carbons (Fsp3) is 0.467. The van der Waals surface area contributed by atoms with E-state index in [1.54, 1.807) is 23.7 Å². The number of halogens is 3. The molecule has 1 saturated heterocycles. The molecule has 1 unspecified atom stereocenters. The zero-order valence-corrected chi connectivity index (χ0v) is 15.4. The number of aromatic nitrogens is 3. The average Bonchev–Trinajstić information content (AvgIpc) is 3.07. The molecule has 1 aliphatic heterocycles. The molecular weight excluding hydrogens is 391 g/mol. The Morgan fingerprint density at radius 1 is 1.27 bits per heavy atom. The van der Waals surface area contributed by atoms with Crippen molar-refractivity contribution in [2.24, 2.45) is 7.05 Å². The molecule has 1 fully saturated rings. The minimum atomic E-state index is -4.71. The van der Waals surface area contributed by atoms with Crippen LogP contribution in [0.15, 0.2) is 29.4 Å². The Balaban J connectivity index is 1.62. The summed E-state index contributed by atoms with van der Waals surface area (Å²) >= 11 is 1.38. The van der Waals surface area contributed by atoms with E-state index in [9.17, 15) is 21.6 Å². The molecule has 0 amide bonds. The predicted octanol–water partition coefficient (Wildman–Crippen LogP) is 2.91. The number of nitrogens with zero attached hydrogens (tertiary/aromatic N) is 3. The highest BCUT2D eigenvalue weighted by atomic mass is 32.2. The van der Waals surface area contributed by atoms with Crippen LogP contribution in [0.4, 0.5) is 13.2 Å². The van der Waals surface area contributed by atoms with Crippen molar-refractivity contribution >= 4 is 21.6 Å².